The molecule has 0 spiro atoms. The van der Waals surface area contributed by atoms with E-state index in [1.54, 1.807) is 6.26 Å². The summed E-state index contributed by atoms with van der Waals surface area (Å²) in [6, 6.07) is 6.62. The van der Waals surface area contributed by atoms with Gasteiger partial charge in [-0.3, -0.25) is 4.79 Å². The van der Waals surface area contributed by atoms with Gasteiger partial charge < -0.3 is 9.73 Å². The van der Waals surface area contributed by atoms with Gasteiger partial charge in [-0.15, -0.1) is 0 Å². The summed E-state index contributed by atoms with van der Waals surface area (Å²) < 4.78 is 5.32. The maximum atomic E-state index is 12.4. The van der Waals surface area contributed by atoms with Crippen LogP contribution in [0.1, 0.15) is 64.2 Å². The number of fused-ring (bicyclic) bond motifs is 1. The minimum atomic E-state index is -0.0611. The summed E-state index contributed by atoms with van der Waals surface area (Å²) >= 11 is 0. The highest BCUT2D eigenvalue weighted by molar-refractivity contribution is 5.96. The average Bonchev–Trinajstić information content (AvgIpc) is 2.85. The zero-order chi connectivity index (χ0) is 15.7. The lowest BCUT2D eigenvalue weighted by Gasteiger charge is -2.20. The van der Waals surface area contributed by atoms with Crippen LogP contribution in [0.4, 0.5) is 0 Å². The zero-order valence-corrected chi connectivity index (χ0v) is 13.5. The molecule has 2 aromatic rings. The topological polar surface area (TPSA) is 42.2 Å². The van der Waals surface area contributed by atoms with Crippen molar-refractivity contribution >= 4 is 5.91 Å². The highest BCUT2D eigenvalue weighted by Crippen LogP contribution is 2.25. The Morgan fingerprint density at radius 2 is 1.91 bits per heavy atom. The third kappa shape index (κ3) is 2.80. The standard InChI is InChI=1S/C19H23NO2/c1-12-11-22-14(3)18(12)19(21)20-13(2)16-9-8-15-6-4-5-7-17(15)10-16/h8-11,13H,4-7H2,1-3H3,(H,20,21). The van der Waals surface area contributed by atoms with Crippen LogP contribution in [0.3, 0.4) is 0 Å². The SMILES string of the molecule is Cc1coc(C)c1C(=O)NC(C)c1ccc2c(c1)CCCC2. The van der Waals surface area contributed by atoms with Crippen LogP contribution >= 0.6 is 0 Å². The Labute approximate surface area is 131 Å². The van der Waals surface area contributed by atoms with Crippen molar-refractivity contribution in [1.29, 1.82) is 0 Å². The number of amides is 1. The first kappa shape index (κ1) is 14.9. The van der Waals surface area contributed by atoms with Gasteiger partial charge in [-0.05, 0) is 63.1 Å². The molecular weight excluding hydrogens is 274 g/mol. The predicted octanol–water partition coefficient (Wildman–Crippen LogP) is 4.27. The van der Waals surface area contributed by atoms with Crippen molar-refractivity contribution < 1.29 is 9.21 Å². The van der Waals surface area contributed by atoms with Crippen molar-refractivity contribution in [3.05, 3.63) is 58.0 Å². The number of rotatable bonds is 3. The maximum Gasteiger partial charge on any atom is 0.255 e. The molecule has 116 valence electrons. The molecular formula is C19H23NO2. The van der Waals surface area contributed by atoms with Gasteiger partial charge in [-0.2, -0.15) is 0 Å². The highest BCUT2D eigenvalue weighted by Gasteiger charge is 2.19. The highest BCUT2D eigenvalue weighted by atomic mass is 16.3. The van der Waals surface area contributed by atoms with E-state index in [-0.39, 0.29) is 11.9 Å². The van der Waals surface area contributed by atoms with E-state index in [9.17, 15) is 4.79 Å². The Hall–Kier alpha value is -2.03. The minimum Gasteiger partial charge on any atom is -0.469 e. The van der Waals surface area contributed by atoms with Crippen LogP contribution in [0.25, 0.3) is 0 Å². The van der Waals surface area contributed by atoms with Gasteiger partial charge in [-0.1, -0.05) is 18.2 Å². The molecule has 1 atom stereocenters. The Morgan fingerprint density at radius 3 is 2.59 bits per heavy atom. The van der Waals surface area contributed by atoms with E-state index < -0.39 is 0 Å². The Balaban J connectivity index is 1.77. The summed E-state index contributed by atoms with van der Waals surface area (Å²) in [7, 11) is 0. The Bertz CT molecular complexity index is 680. The number of hydrogen-bond acceptors (Lipinski definition) is 2. The predicted molar refractivity (Wildman–Crippen MR) is 87.1 cm³/mol. The molecule has 3 nitrogen and oxygen atoms in total. The quantitative estimate of drug-likeness (QED) is 0.919. The molecule has 0 saturated carbocycles. The third-order valence-corrected chi connectivity index (χ3v) is 4.61. The molecule has 3 heteroatoms. The molecule has 1 heterocycles. The molecule has 1 amide bonds. The van der Waals surface area contributed by atoms with E-state index in [0.717, 1.165) is 12.0 Å². The summed E-state index contributed by atoms with van der Waals surface area (Å²) in [6.45, 7) is 5.76. The van der Waals surface area contributed by atoms with Crippen LogP contribution < -0.4 is 5.32 Å². The molecule has 3 rings (SSSR count). The summed E-state index contributed by atoms with van der Waals surface area (Å²) in [5.74, 6) is 0.613. The number of benzene rings is 1. The van der Waals surface area contributed by atoms with Crippen molar-refractivity contribution in [2.45, 2.75) is 52.5 Å². The first-order chi connectivity index (χ1) is 10.6. The lowest BCUT2D eigenvalue weighted by atomic mass is 9.89. The smallest absolute Gasteiger partial charge is 0.255 e. The van der Waals surface area contributed by atoms with Gasteiger partial charge in [0.05, 0.1) is 17.9 Å². The fourth-order valence-electron chi connectivity index (χ4n) is 3.29. The summed E-state index contributed by atoms with van der Waals surface area (Å²) in [6.07, 6.45) is 6.53. The molecule has 0 saturated heterocycles. The second kappa shape index (κ2) is 5.99. The van der Waals surface area contributed by atoms with E-state index in [1.165, 1.54) is 36.0 Å². The van der Waals surface area contributed by atoms with Gasteiger partial charge in [-0.25, -0.2) is 0 Å². The first-order valence-electron chi connectivity index (χ1n) is 8.03. The normalized spacial score (nSPS) is 15.2. The van der Waals surface area contributed by atoms with Gasteiger partial charge in [0.2, 0.25) is 0 Å². The number of aryl methyl sites for hydroxylation is 4. The molecule has 1 aromatic heterocycles. The van der Waals surface area contributed by atoms with E-state index >= 15 is 0 Å². The number of hydrogen-bond donors (Lipinski definition) is 1. The number of nitrogens with one attached hydrogen (secondary N) is 1. The Kier molecular flexibility index (Phi) is 4.06. The fourth-order valence-corrected chi connectivity index (χ4v) is 3.29. The zero-order valence-electron chi connectivity index (χ0n) is 13.5. The fraction of sp³-hybridized carbons (Fsp3) is 0.421. The van der Waals surface area contributed by atoms with Gasteiger partial charge in [0.15, 0.2) is 0 Å². The van der Waals surface area contributed by atoms with Crippen molar-refractivity contribution in [3.8, 4) is 0 Å². The number of carbonyl (C=O) groups excluding carboxylic acids is 1. The lowest BCUT2D eigenvalue weighted by molar-refractivity contribution is 0.0938. The minimum absolute atomic E-state index is 0.00609. The largest absolute Gasteiger partial charge is 0.469 e. The van der Waals surface area contributed by atoms with Crippen molar-refractivity contribution in [1.82, 2.24) is 5.32 Å². The summed E-state index contributed by atoms with van der Waals surface area (Å²) in [4.78, 5) is 12.4. The van der Waals surface area contributed by atoms with Crippen LogP contribution in [0.15, 0.2) is 28.9 Å². The second-order valence-electron chi connectivity index (χ2n) is 6.28. The van der Waals surface area contributed by atoms with Crippen LogP contribution in [-0.2, 0) is 12.8 Å². The van der Waals surface area contributed by atoms with Crippen LogP contribution in [0.2, 0.25) is 0 Å². The second-order valence-corrected chi connectivity index (χ2v) is 6.28. The van der Waals surface area contributed by atoms with E-state index in [2.05, 4.69) is 23.5 Å². The first-order valence-corrected chi connectivity index (χ1v) is 8.03. The molecule has 0 aliphatic heterocycles. The van der Waals surface area contributed by atoms with E-state index in [1.807, 2.05) is 20.8 Å². The molecule has 0 fully saturated rings. The average molecular weight is 297 g/mol. The molecule has 1 aliphatic carbocycles. The molecule has 1 N–H and O–H groups in total. The molecule has 22 heavy (non-hydrogen) atoms. The Morgan fingerprint density at radius 1 is 1.18 bits per heavy atom. The molecule has 1 aromatic carbocycles. The molecule has 1 aliphatic rings. The lowest BCUT2D eigenvalue weighted by Crippen LogP contribution is -2.27. The van der Waals surface area contributed by atoms with Gasteiger partial charge in [0.25, 0.3) is 5.91 Å². The molecule has 1 unspecified atom stereocenters. The summed E-state index contributed by atoms with van der Waals surface area (Å²) in [5.41, 5.74) is 5.63. The number of carbonyl (C=O) groups is 1. The van der Waals surface area contributed by atoms with Crippen molar-refractivity contribution in [2.75, 3.05) is 0 Å². The van der Waals surface area contributed by atoms with Crippen LogP contribution in [0.5, 0.6) is 0 Å². The van der Waals surface area contributed by atoms with Crippen molar-refractivity contribution in [2.24, 2.45) is 0 Å². The molecule has 0 bridgehead atoms. The maximum absolute atomic E-state index is 12.4. The van der Waals surface area contributed by atoms with Crippen LogP contribution in [0, 0.1) is 13.8 Å². The monoisotopic (exact) mass is 297 g/mol. The van der Waals surface area contributed by atoms with Gasteiger partial charge in [0, 0.05) is 5.56 Å². The number of furan rings is 1. The molecule has 0 radical (unpaired) electrons. The van der Waals surface area contributed by atoms with E-state index in [0.29, 0.717) is 11.3 Å². The van der Waals surface area contributed by atoms with Gasteiger partial charge >= 0.3 is 0 Å². The van der Waals surface area contributed by atoms with Gasteiger partial charge in [0.1, 0.15) is 5.76 Å². The van der Waals surface area contributed by atoms with Crippen molar-refractivity contribution in [3.63, 3.8) is 0 Å². The van der Waals surface area contributed by atoms with E-state index in [4.69, 9.17) is 4.42 Å². The summed E-state index contributed by atoms with van der Waals surface area (Å²) in [5, 5.41) is 3.09. The third-order valence-electron chi connectivity index (χ3n) is 4.61. The van der Waals surface area contributed by atoms with Crippen LogP contribution in [-0.4, -0.2) is 5.91 Å².